The summed E-state index contributed by atoms with van der Waals surface area (Å²) in [7, 11) is 0. The number of barbiturate groups is 1. The van der Waals surface area contributed by atoms with E-state index in [0.29, 0.717) is 10.5 Å². The van der Waals surface area contributed by atoms with Crippen molar-refractivity contribution in [2.24, 2.45) is 0 Å². The highest BCUT2D eigenvalue weighted by atomic mass is 16.6. The van der Waals surface area contributed by atoms with E-state index in [1.807, 2.05) is 5.32 Å². The van der Waals surface area contributed by atoms with Gasteiger partial charge in [-0.05, 0) is 42.0 Å². The summed E-state index contributed by atoms with van der Waals surface area (Å²) < 4.78 is 5.48. The van der Waals surface area contributed by atoms with Crippen molar-refractivity contribution in [3.05, 3.63) is 108 Å². The quantitative estimate of drug-likeness (QED) is 0.206. The van der Waals surface area contributed by atoms with Crippen LogP contribution in [0.5, 0.6) is 11.5 Å². The Morgan fingerprint density at radius 2 is 1.37 bits per heavy atom. The topological polar surface area (TPSA) is 205 Å². The van der Waals surface area contributed by atoms with E-state index in [1.54, 1.807) is 0 Å². The maximum atomic E-state index is 13.0. The number of urea groups is 1. The number of benzene rings is 3. The van der Waals surface area contributed by atoms with E-state index < -0.39 is 49.6 Å². The third-order valence-corrected chi connectivity index (χ3v) is 5.19. The summed E-state index contributed by atoms with van der Waals surface area (Å²) >= 11 is 0. The molecule has 1 aliphatic rings. The summed E-state index contributed by atoms with van der Waals surface area (Å²) in [5.41, 5.74) is -1.43. The monoisotopic (exact) mass is 519 g/mol. The van der Waals surface area contributed by atoms with Crippen molar-refractivity contribution in [3.8, 4) is 11.5 Å². The first kappa shape index (κ1) is 25.1. The van der Waals surface area contributed by atoms with E-state index in [0.717, 1.165) is 30.3 Å². The van der Waals surface area contributed by atoms with Gasteiger partial charge in [0.25, 0.3) is 23.2 Å². The van der Waals surface area contributed by atoms with E-state index >= 15 is 0 Å². The van der Waals surface area contributed by atoms with Crippen LogP contribution in [-0.2, 0) is 9.59 Å². The Kier molecular flexibility index (Phi) is 6.57. The van der Waals surface area contributed by atoms with Gasteiger partial charge in [0.15, 0.2) is 0 Å². The molecule has 0 bridgehead atoms. The average Bonchev–Trinajstić information content (AvgIpc) is 2.87. The van der Waals surface area contributed by atoms with E-state index in [2.05, 4.69) is 0 Å². The number of carbonyl (C=O) groups is 3. The maximum absolute atomic E-state index is 13.0. The number of nitrogens with zero attached hydrogens (tertiary/aromatic N) is 4. The number of carbonyl (C=O) groups excluding carboxylic acids is 3. The molecule has 0 spiro atoms. The number of hydrogen-bond donors (Lipinski definition) is 1. The number of imide groups is 2. The fourth-order valence-corrected chi connectivity index (χ4v) is 3.39. The summed E-state index contributed by atoms with van der Waals surface area (Å²) in [5.74, 6) is -2.05. The second-order valence-corrected chi connectivity index (χ2v) is 7.57. The van der Waals surface area contributed by atoms with Crippen molar-refractivity contribution in [2.75, 3.05) is 4.90 Å². The predicted molar refractivity (Wildman–Crippen MR) is 128 cm³/mol. The number of nitro benzene ring substituents is 3. The fourth-order valence-electron chi connectivity index (χ4n) is 3.39. The molecule has 1 heterocycles. The molecule has 190 valence electrons. The molecular formula is C23H13N5O10. The van der Waals surface area contributed by atoms with Crippen molar-refractivity contribution in [3.63, 3.8) is 0 Å². The largest absolute Gasteiger partial charge is 0.450 e. The molecule has 0 atom stereocenters. The molecule has 1 aliphatic heterocycles. The lowest BCUT2D eigenvalue weighted by atomic mass is 10.1. The molecule has 0 aromatic heterocycles. The van der Waals surface area contributed by atoms with E-state index in [1.165, 1.54) is 42.5 Å². The van der Waals surface area contributed by atoms with Crippen molar-refractivity contribution < 1.29 is 33.9 Å². The van der Waals surface area contributed by atoms with Crippen LogP contribution in [0.3, 0.4) is 0 Å². The Bertz CT molecular complexity index is 1550. The van der Waals surface area contributed by atoms with Gasteiger partial charge in [-0.1, -0.05) is 12.1 Å². The van der Waals surface area contributed by atoms with Crippen LogP contribution in [0.15, 0.2) is 72.3 Å². The lowest BCUT2D eigenvalue weighted by Gasteiger charge is -2.26. The number of nitrogens with one attached hydrogen (secondary N) is 1. The van der Waals surface area contributed by atoms with Gasteiger partial charge in [0, 0.05) is 18.2 Å². The number of hydrogen-bond acceptors (Lipinski definition) is 10. The Morgan fingerprint density at radius 3 is 1.95 bits per heavy atom. The highest BCUT2D eigenvalue weighted by molar-refractivity contribution is 6.39. The lowest BCUT2D eigenvalue weighted by Crippen LogP contribution is -2.54. The van der Waals surface area contributed by atoms with Crippen LogP contribution in [0.1, 0.15) is 5.56 Å². The highest BCUT2D eigenvalue weighted by Gasteiger charge is 2.37. The third kappa shape index (κ3) is 5.01. The molecule has 4 amide bonds. The summed E-state index contributed by atoms with van der Waals surface area (Å²) in [5, 5.41) is 35.1. The summed E-state index contributed by atoms with van der Waals surface area (Å²) in [6.07, 6.45) is 1.20. The second kappa shape index (κ2) is 9.94. The second-order valence-electron chi connectivity index (χ2n) is 7.57. The molecule has 0 radical (unpaired) electrons. The number of nitro groups is 3. The molecule has 4 rings (SSSR count). The predicted octanol–water partition coefficient (Wildman–Crippen LogP) is 3.87. The Morgan fingerprint density at radius 1 is 0.763 bits per heavy atom. The van der Waals surface area contributed by atoms with Crippen molar-refractivity contribution in [1.29, 1.82) is 0 Å². The zero-order valence-corrected chi connectivity index (χ0v) is 18.8. The van der Waals surface area contributed by atoms with Gasteiger partial charge in [-0.25, -0.2) is 9.69 Å². The van der Waals surface area contributed by atoms with Gasteiger partial charge < -0.3 is 4.74 Å². The number of non-ortho nitro benzene ring substituents is 2. The van der Waals surface area contributed by atoms with Crippen LogP contribution >= 0.6 is 0 Å². The molecule has 1 N–H and O–H groups in total. The van der Waals surface area contributed by atoms with Gasteiger partial charge in [0.05, 0.1) is 26.5 Å². The molecule has 1 fully saturated rings. The van der Waals surface area contributed by atoms with Crippen LogP contribution in [0.25, 0.3) is 6.08 Å². The standard InChI is InChI=1S/C23H13N5O10/c29-21-18(22(30)25(23(31)24-21)14-3-5-15(6-4-14)26(32)33)11-13-1-8-17(9-2-13)38-20-10-7-16(27(34)35)12-19(20)28(36)37/h1-12H,(H,24,29,31)/b18-11+. The first-order valence-electron chi connectivity index (χ1n) is 10.4. The van der Waals surface area contributed by atoms with E-state index in [-0.39, 0.29) is 22.9 Å². The minimum atomic E-state index is -1.03. The van der Waals surface area contributed by atoms with Crippen LogP contribution in [-0.4, -0.2) is 32.6 Å². The first-order chi connectivity index (χ1) is 18.0. The fraction of sp³-hybridized carbons (Fsp3) is 0. The van der Waals surface area contributed by atoms with Crippen LogP contribution in [0.2, 0.25) is 0 Å². The van der Waals surface area contributed by atoms with Crippen molar-refractivity contribution >= 4 is 46.7 Å². The smallest absolute Gasteiger partial charge is 0.335 e. The van der Waals surface area contributed by atoms with Gasteiger partial charge in [-0.15, -0.1) is 0 Å². The minimum absolute atomic E-state index is 0.00457. The number of ether oxygens (including phenoxy) is 1. The zero-order chi connectivity index (χ0) is 27.6. The molecule has 1 saturated heterocycles. The van der Waals surface area contributed by atoms with E-state index in [9.17, 15) is 44.7 Å². The van der Waals surface area contributed by atoms with Gasteiger partial charge >= 0.3 is 11.7 Å². The Balaban J connectivity index is 1.58. The molecule has 0 saturated carbocycles. The summed E-state index contributed by atoms with van der Waals surface area (Å²) in [6, 6.07) is 12.0. The molecule has 15 heteroatoms. The van der Waals surface area contributed by atoms with Crippen LogP contribution in [0.4, 0.5) is 27.5 Å². The Labute approximate surface area is 211 Å². The molecule has 38 heavy (non-hydrogen) atoms. The minimum Gasteiger partial charge on any atom is -0.450 e. The maximum Gasteiger partial charge on any atom is 0.335 e. The van der Waals surface area contributed by atoms with Gasteiger partial charge in [0.1, 0.15) is 11.3 Å². The number of amides is 4. The number of anilines is 1. The molecule has 3 aromatic rings. The zero-order valence-electron chi connectivity index (χ0n) is 18.8. The van der Waals surface area contributed by atoms with Gasteiger partial charge in [-0.3, -0.25) is 45.2 Å². The molecule has 0 unspecified atom stereocenters. The average molecular weight is 519 g/mol. The lowest BCUT2D eigenvalue weighted by molar-refractivity contribution is -0.394. The molecular weight excluding hydrogens is 506 g/mol. The Hall–Kier alpha value is -5.99. The SMILES string of the molecule is O=C1NC(=O)N(c2ccc([N+](=O)[O-])cc2)C(=O)/C1=C/c1ccc(Oc2ccc([N+](=O)[O-])cc2[N+](=O)[O-])cc1. The van der Waals surface area contributed by atoms with Crippen molar-refractivity contribution in [1.82, 2.24) is 5.32 Å². The normalized spacial score (nSPS) is 14.3. The van der Waals surface area contributed by atoms with Crippen LogP contribution < -0.4 is 15.0 Å². The molecule has 3 aromatic carbocycles. The third-order valence-electron chi connectivity index (χ3n) is 5.19. The summed E-state index contributed by atoms with van der Waals surface area (Å²) in [6.45, 7) is 0. The first-order valence-corrected chi connectivity index (χ1v) is 10.4. The van der Waals surface area contributed by atoms with Crippen LogP contribution in [0, 0.1) is 30.3 Å². The van der Waals surface area contributed by atoms with Gasteiger partial charge in [-0.2, -0.15) is 0 Å². The highest BCUT2D eigenvalue weighted by Crippen LogP contribution is 2.34. The summed E-state index contributed by atoms with van der Waals surface area (Å²) in [4.78, 5) is 69.0. The van der Waals surface area contributed by atoms with Crippen molar-refractivity contribution in [2.45, 2.75) is 0 Å². The number of rotatable bonds is 7. The van der Waals surface area contributed by atoms with Gasteiger partial charge in [0.2, 0.25) is 5.75 Å². The molecule has 15 nitrogen and oxygen atoms in total. The molecule has 0 aliphatic carbocycles. The van der Waals surface area contributed by atoms with E-state index in [4.69, 9.17) is 4.74 Å².